The predicted octanol–water partition coefficient (Wildman–Crippen LogP) is 3.02. The molecule has 1 saturated heterocycles. The van der Waals surface area contributed by atoms with E-state index in [-0.39, 0.29) is 17.9 Å². The van der Waals surface area contributed by atoms with Crippen LogP contribution >= 0.6 is 0 Å². The maximum atomic E-state index is 12.4. The molecule has 5 nitrogen and oxygen atoms in total. The summed E-state index contributed by atoms with van der Waals surface area (Å²) in [6, 6.07) is 0.277. The molecule has 128 valence electrons. The van der Waals surface area contributed by atoms with Gasteiger partial charge in [0.15, 0.2) is 0 Å². The number of nitrogens with one attached hydrogen (secondary N) is 1. The third kappa shape index (κ3) is 5.81. The van der Waals surface area contributed by atoms with Crippen LogP contribution in [0.3, 0.4) is 0 Å². The molecule has 0 aliphatic carbocycles. The van der Waals surface area contributed by atoms with Crippen molar-refractivity contribution < 1.29 is 4.79 Å². The Morgan fingerprint density at radius 2 is 2.00 bits per heavy atom. The number of carbonyl (C=O) groups is 1. The highest BCUT2D eigenvalue weighted by molar-refractivity contribution is 5.79. The van der Waals surface area contributed by atoms with Gasteiger partial charge in [0.1, 0.15) is 5.82 Å². The third-order valence-corrected chi connectivity index (χ3v) is 4.55. The molecule has 0 spiro atoms. The molecule has 1 aliphatic rings. The average Bonchev–Trinajstić information content (AvgIpc) is 2.55. The van der Waals surface area contributed by atoms with Crippen molar-refractivity contribution in [2.75, 3.05) is 18.0 Å². The molecule has 0 bridgehead atoms. The molecule has 1 amide bonds. The molecule has 1 aromatic heterocycles. The summed E-state index contributed by atoms with van der Waals surface area (Å²) in [5, 5.41) is 3.19. The fourth-order valence-corrected chi connectivity index (χ4v) is 3.09. The summed E-state index contributed by atoms with van der Waals surface area (Å²) in [5.74, 6) is 2.01. The number of amides is 1. The molecule has 1 aromatic rings. The monoisotopic (exact) mass is 318 g/mol. The minimum atomic E-state index is 0.135. The fourth-order valence-electron chi connectivity index (χ4n) is 3.09. The number of aromatic nitrogens is 2. The third-order valence-electron chi connectivity index (χ3n) is 4.55. The number of anilines is 1. The van der Waals surface area contributed by atoms with Crippen LogP contribution < -0.4 is 10.2 Å². The SMILES string of the molecule is CC(C)CCCC(C)NC(=O)C1CCN(c2cnccn2)CC1. The molecule has 1 unspecified atom stereocenters. The standard InChI is InChI=1S/C18H30N4O/c1-14(2)5-4-6-15(3)21-18(23)16-7-11-22(12-8-16)17-13-19-9-10-20-17/h9-10,13-16H,4-8,11-12H2,1-3H3,(H,21,23). The average molecular weight is 318 g/mol. The second-order valence-corrected chi connectivity index (χ2v) is 7.06. The summed E-state index contributed by atoms with van der Waals surface area (Å²) in [7, 11) is 0. The molecule has 1 N–H and O–H groups in total. The van der Waals surface area contributed by atoms with E-state index in [9.17, 15) is 4.79 Å². The first-order chi connectivity index (χ1) is 11.1. The predicted molar refractivity (Wildman–Crippen MR) is 93.3 cm³/mol. The van der Waals surface area contributed by atoms with Crippen LogP contribution in [0.4, 0.5) is 5.82 Å². The topological polar surface area (TPSA) is 58.1 Å². The maximum Gasteiger partial charge on any atom is 0.223 e. The van der Waals surface area contributed by atoms with Crippen molar-refractivity contribution in [1.29, 1.82) is 0 Å². The number of nitrogens with zero attached hydrogens (tertiary/aromatic N) is 3. The Bertz CT molecular complexity index is 469. The van der Waals surface area contributed by atoms with Crippen molar-refractivity contribution >= 4 is 11.7 Å². The van der Waals surface area contributed by atoms with Gasteiger partial charge in [-0.05, 0) is 32.1 Å². The molecule has 1 fully saturated rings. The van der Waals surface area contributed by atoms with Gasteiger partial charge >= 0.3 is 0 Å². The van der Waals surface area contributed by atoms with E-state index in [2.05, 4.69) is 41.0 Å². The molecule has 2 rings (SSSR count). The first kappa shape index (κ1) is 17.7. The summed E-state index contributed by atoms with van der Waals surface area (Å²) < 4.78 is 0. The molecule has 0 aromatic carbocycles. The first-order valence-corrected chi connectivity index (χ1v) is 8.87. The van der Waals surface area contributed by atoms with Gasteiger partial charge in [-0.1, -0.05) is 26.7 Å². The van der Waals surface area contributed by atoms with Crippen molar-refractivity contribution in [3.05, 3.63) is 18.6 Å². The van der Waals surface area contributed by atoms with Crippen LogP contribution in [0.15, 0.2) is 18.6 Å². The highest BCUT2D eigenvalue weighted by atomic mass is 16.1. The molecule has 1 atom stereocenters. The Morgan fingerprint density at radius 3 is 2.61 bits per heavy atom. The normalized spacial score (nSPS) is 17.3. The number of piperidine rings is 1. The summed E-state index contributed by atoms with van der Waals surface area (Å²) >= 11 is 0. The van der Waals surface area contributed by atoms with Crippen molar-refractivity contribution in [3.8, 4) is 0 Å². The number of hydrogen-bond donors (Lipinski definition) is 1. The molecule has 23 heavy (non-hydrogen) atoms. The quantitative estimate of drug-likeness (QED) is 0.839. The lowest BCUT2D eigenvalue weighted by Gasteiger charge is -2.32. The highest BCUT2D eigenvalue weighted by Gasteiger charge is 2.26. The number of carbonyl (C=O) groups excluding carboxylic acids is 1. The van der Waals surface area contributed by atoms with Crippen LogP contribution in [-0.4, -0.2) is 35.0 Å². The first-order valence-electron chi connectivity index (χ1n) is 8.87. The second kappa shape index (κ2) is 8.85. The van der Waals surface area contributed by atoms with Crippen molar-refractivity contribution in [1.82, 2.24) is 15.3 Å². The van der Waals surface area contributed by atoms with Gasteiger partial charge in [-0.2, -0.15) is 0 Å². The number of rotatable bonds is 7. The van der Waals surface area contributed by atoms with Gasteiger partial charge in [0.2, 0.25) is 5.91 Å². The van der Waals surface area contributed by atoms with E-state index in [1.54, 1.807) is 18.6 Å². The van der Waals surface area contributed by atoms with Crippen LogP contribution in [0.2, 0.25) is 0 Å². The van der Waals surface area contributed by atoms with E-state index < -0.39 is 0 Å². The maximum absolute atomic E-state index is 12.4. The smallest absolute Gasteiger partial charge is 0.223 e. The van der Waals surface area contributed by atoms with E-state index in [0.29, 0.717) is 0 Å². The molecule has 1 aliphatic heterocycles. The lowest BCUT2D eigenvalue weighted by Crippen LogP contribution is -2.43. The largest absolute Gasteiger partial charge is 0.355 e. The Labute approximate surface area is 139 Å². The van der Waals surface area contributed by atoms with Crippen molar-refractivity contribution in [2.45, 2.75) is 58.9 Å². The molecule has 0 saturated carbocycles. The van der Waals surface area contributed by atoms with E-state index in [4.69, 9.17) is 0 Å². The van der Waals surface area contributed by atoms with E-state index >= 15 is 0 Å². The van der Waals surface area contributed by atoms with E-state index in [1.807, 2.05) is 0 Å². The fraction of sp³-hybridized carbons (Fsp3) is 0.722. The summed E-state index contributed by atoms with van der Waals surface area (Å²) in [4.78, 5) is 23.0. The Hall–Kier alpha value is -1.65. The van der Waals surface area contributed by atoms with Gasteiger partial charge in [-0.15, -0.1) is 0 Å². The van der Waals surface area contributed by atoms with Crippen molar-refractivity contribution in [3.63, 3.8) is 0 Å². The van der Waals surface area contributed by atoms with Gasteiger partial charge < -0.3 is 10.2 Å². The highest BCUT2D eigenvalue weighted by Crippen LogP contribution is 2.21. The van der Waals surface area contributed by atoms with Crippen molar-refractivity contribution in [2.24, 2.45) is 11.8 Å². The van der Waals surface area contributed by atoms with E-state index in [0.717, 1.165) is 44.1 Å². The zero-order valence-corrected chi connectivity index (χ0v) is 14.7. The zero-order valence-electron chi connectivity index (χ0n) is 14.7. The van der Waals surface area contributed by atoms with Gasteiger partial charge in [0.25, 0.3) is 0 Å². The van der Waals surface area contributed by atoms with Crippen LogP contribution in [-0.2, 0) is 4.79 Å². The van der Waals surface area contributed by atoms with Crippen LogP contribution in [0.1, 0.15) is 52.9 Å². The minimum Gasteiger partial charge on any atom is -0.355 e. The summed E-state index contributed by atoms with van der Waals surface area (Å²) in [6.07, 6.45) is 10.5. The molecule has 2 heterocycles. The second-order valence-electron chi connectivity index (χ2n) is 7.06. The van der Waals surface area contributed by atoms with Gasteiger partial charge in [0.05, 0.1) is 6.20 Å². The molecular weight excluding hydrogens is 288 g/mol. The van der Waals surface area contributed by atoms with Crippen LogP contribution in [0.25, 0.3) is 0 Å². The molecule has 0 radical (unpaired) electrons. The lowest BCUT2D eigenvalue weighted by atomic mass is 9.95. The van der Waals surface area contributed by atoms with Gasteiger partial charge in [-0.25, -0.2) is 4.98 Å². The van der Waals surface area contributed by atoms with E-state index in [1.165, 1.54) is 12.8 Å². The summed E-state index contributed by atoms with van der Waals surface area (Å²) in [5.41, 5.74) is 0. The Kier molecular flexibility index (Phi) is 6.81. The van der Waals surface area contributed by atoms with Gasteiger partial charge in [-0.3, -0.25) is 9.78 Å². The zero-order chi connectivity index (χ0) is 16.7. The summed E-state index contributed by atoms with van der Waals surface area (Å²) in [6.45, 7) is 8.35. The van der Waals surface area contributed by atoms with Gasteiger partial charge in [0, 0.05) is 37.4 Å². The minimum absolute atomic E-state index is 0.135. The van der Waals surface area contributed by atoms with Crippen LogP contribution in [0, 0.1) is 11.8 Å². The lowest BCUT2D eigenvalue weighted by molar-refractivity contribution is -0.126. The number of hydrogen-bond acceptors (Lipinski definition) is 4. The van der Waals surface area contributed by atoms with Crippen LogP contribution in [0.5, 0.6) is 0 Å². The Morgan fingerprint density at radius 1 is 1.26 bits per heavy atom. The molecule has 5 heteroatoms. The Balaban J connectivity index is 1.71. The molecular formula is C18H30N4O.